The van der Waals surface area contributed by atoms with Gasteiger partial charge in [-0.25, -0.2) is 4.39 Å². The van der Waals surface area contributed by atoms with Gasteiger partial charge in [0.25, 0.3) is 5.91 Å². The van der Waals surface area contributed by atoms with Gasteiger partial charge in [-0.3, -0.25) is 14.4 Å². The number of amides is 1. The fourth-order valence-corrected chi connectivity index (χ4v) is 4.63. The predicted octanol–water partition coefficient (Wildman–Crippen LogP) is 5.33. The van der Waals surface area contributed by atoms with E-state index in [-0.39, 0.29) is 36.6 Å². The fraction of sp³-hybridized carbons (Fsp3) is 0.323. The molecule has 1 amide bonds. The van der Waals surface area contributed by atoms with Crippen molar-refractivity contribution >= 4 is 23.7 Å². The molecule has 1 aliphatic rings. The summed E-state index contributed by atoms with van der Waals surface area (Å²) < 4.78 is 20.4. The van der Waals surface area contributed by atoms with Crippen molar-refractivity contribution < 1.29 is 28.6 Å². The summed E-state index contributed by atoms with van der Waals surface area (Å²) in [6.07, 6.45) is 3.10. The number of aliphatic hydroxyl groups is 1. The van der Waals surface area contributed by atoms with Gasteiger partial charge in [0.2, 0.25) is 0 Å². The van der Waals surface area contributed by atoms with Crippen molar-refractivity contribution in [1.29, 1.82) is 0 Å². The largest absolute Gasteiger partial charge is 0.469 e. The highest BCUT2D eigenvalue weighted by molar-refractivity contribution is 6.07. The van der Waals surface area contributed by atoms with E-state index in [1.54, 1.807) is 18.2 Å². The molecule has 1 heterocycles. The number of ketones is 1. The number of carbonyl (C=O) groups is 3. The Morgan fingerprint density at radius 1 is 1.03 bits per heavy atom. The van der Waals surface area contributed by atoms with Crippen LogP contribution in [0.25, 0.3) is 28.3 Å². The van der Waals surface area contributed by atoms with E-state index in [1.807, 2.05) is 48.7 Å². The number of allylic oxidation sites excluding steroid dienone is 1. The number of ether oxygens (including phenoxy) is 1. The van der Waals surface area contributed by atoms with Crippen molar-refractivity contribution in [2.24, 2.45) is 0 Å². The molecule has 0 aliphatic heterocycles. The number of aromatic nitrogens is 1. The average Bonchev–Trinajstić information content (AvgIpc) is 3.65. The number of nitrogens with one attached hydrogen (secondary N) is 1. The second-order valence-corrected chi connectivity index (χ2v) is 10.0. The summed E-state index contributed by atoms with van der Waals surface area (Å²) in [5.74, 6) is -1.60. The molecule has 1 aromatic heterocycles. The maximum Gasteiger partial charge on any atom is 0.308 e. The minimum absolute atomic E-state index is 0.128. The number of halogens is 1. The van der Waals surface area contributed by atoms with E-state index in [0.717, 1.165) is 18.4 Å². The first kappa shape index (κ1) is 28.0. The molecule has 2 N–H and O–H groups in total. The normalized spacial score (nSPS) is 14.0. The van der Waals surface area contributed by atoms with Crippen LogP contribution >= 0.6 is 0 Å². The van der Waals surface area contributed by atoms with E-state index in [0.29, 0.717) is 28.1 Å². The first-order chi connectivity index (χ1) is 18.7. The number of rotatable bonds is 11. The molecule has 0 unspecified atom stereocenters. The van der Waals surface area contributed by atoms with Crippen LogP contribution in [0.15, 0.2) is 60.7 Å². The van der Waals surface area contributed by atoms with E-state index >= 15 is 0 Å². The smallest absolute Gasteiger partial charge is 0.308 e. The summed E-state index contributed by atoms with van der Waals surface area (Å²) in [7, 11) is 1.22. The number of nitrogens with zero attached hydrogens (tertiary/aromatic N) is 1. The lowest BCUT2D eigenvalue weighted by molar-refractivity contribution is -0.143. The zero-order chi connectivity index (χ0) is 28.1. The Morgan fingerprint density at radius 2 is 1.67 bits per heavy atom. The Kier molecular flexibility index (Phi) is 8.76. The molecule has 4 rings (SSSR count). The van der Waals surface area contributed by atoms with Crippen LogP contribution in [-0.2, 0) is 14.3 Å². The Bertz CT molecular complexity index is 1370. The minimum atomic E-state index is -1.18. The first-order valence-corrected chi connectivity index (χ1v) is 13.1. The summed E-state index contributed by atoms with van der Waals surface area (Å²) >= 11 is 0. The molecule has 1 atom stereocenters. The third kappa shape index (κ3) is 6.70. The monoisotopic (exact) mass is 532 g/mol. The van der Waals surface area contributed by atoms with Crippen LogP contribution < -0.4 is 5.32 Å². The van der Waals surface area contributed by atoms with Gasteiger partial charge in [-0.2, -0.15) is 0 Å². The molecule has 1 fully saturated rings. The molecule has 0 spiro atoms. The van der Waals surface area contributed by atoms with Crippen LogP contribution in [0.2, 0.25) is 0 Å². The van der Waals surface area contributed by atoms with Gasteiger partial charge in [-0.1, -0.05) is 42.5 Å². The zero-order valence-electron chi connectivity index (χ0n) is 22.3. The predicted molar refractivity (Wildman–Crippen MR) is 147 cm³/mol. The quantitative estimate of drug-likeness (QED) is 0.257. The molecule has 1 saturated carbocycles. The van der Waals surface area contributed by atoms with Crippen molar-refractivity contribution in [2.75, 3.05) is 7.11 Å². The Morgan fingerprint density at radius 3 is 2.26 bits per heavy atom. The highest BCUT2D eigenvalue weighted by Crippen LogP contribution is 2.42. The van der Waals surface area contributed by atoms with E-state index in [4.69, 9.17) is 0 Å². The van der Waals surface area contributed by atoms with Crippen LogP contribution in [0.1, 0.15) is 61.8 Å². The molecule has 0 radical (unpaired) electrons. The maximum atomic E-state index is 13.9. The summed E-state index contributed by atoms with van der Waals surface area (Å²) in [6.45, 7) is 3.91. The number of methoxy groups -OCH3 is 1. The highest BCUT2D eigenvalue weighted by Gasteiger charge is 2.32. The second-order valence-electron chi connectivity index (χ2n) is 10.0. The summed E-state index contributed by atoms with van der Waals surface area (Å²) in [5, 5.41) is 13.2. The van der Waals surface area contributed by atoms with Gasteiger partial charge in [0.1, 0.15) is 11.5 Å². The number of aliphatic hydroxyl groups excluding tert-OH is 1. The van der Waals surface area contributed by atoms with Crippen molar-refractivity contribution in [3.63, 3.8) is 0 Å². The molecular formula is C31H33FN2O5. The van der Waals surface area contributed by atoms with Crippen LogP contribution in [0.3, 0.4) is 0 Å². The molecule has 3 aromatic rings. The van der Waals surface area contributed by atoms with Crippen LogP contribution in [0.4, 0.5) is 4.39 Å². The lowest BCUT2D eigenvalue weighted by Gasteiger charge is -2.17. The summed E-state index contributed by atoms with van der Waals surface area (Å²) in [6, 6.07) is 15.5. The SMILES string of the molecule is COC(=O)C[C@H](O)CC(=O)/C=C/c1c(-c2ccc(F)cc2)c(-c2ccccc2)c(C(=O)NC2CC2)n1C(C)C. The van der Waals surface area contributed by atoms with Crippen molar-refractivity contribution in [3.05, 3.63) is 77.9 Å². The molecule has 2 aromatic carbocycles. The van der Waals surface area contributed by atoms with Crippen molar-refractivity contribution in [2.45, 2.75) is 57.7 Å². The Hall–Kier alpha value is -4.04. The molecule has 204 valence electrons. The number of benzene rings is 2. The summed E-state index contributed by atoms with van der Waals surface area (Å²) in [4.78, 5) is 38.0. The molecule has 0 bridgehead atoms. The third-order valence-corrected chi connectivity index (χ3v) is 6.58. The lowest BCUT2D eigenvalue weighted by Crippen LogP contribution is -2.29. The van der Waals surface area contributed by atoms with Gasteiger partial charge in [0, 0.05) is 29.6 Å². The molecule has 8 heteroatoms. The number of carbonyl (C=O) groups excluding carboxylic acids is 3. The van der Waals surface area contributed by atoms with Crippen LogP contribution in [-0.4, -0.2) is 46.6 Å². The summed E-state index contributed by atoms with van der Waals surface area (Å²) in [5.41, 5.74) is 3.94. The number of hydrogen-bond acceptors (Lipinski definition) is 5. The van der Waals surface area contributed by atoms with Gasteiger partial charge in [0.05, 0.1) is 25.3 Å². The van der Waals surface area contributed by atoms with Gasteiger partial charge in [-0.15, -0.1) is 0 Å². The van der Waals surface area contributed by atoms with Gasteiger partial charge in [0.15, 0.2) is 5.78 Å². The molecule has 0 saturated heterocycles. The zero-order valence-corrected chi connectivity index (χ0v) is 22.3. The minimum Gasteiger partial charge on any atom is -0.469 e. The Labute approximate surface area is 227 Å². The number of hydrogen-bond donors (Lipinski definition) is 2. The standard InChI is InChI=1S/C31H33FN2O5/c1-19(2)34-26(16-15-24(35)17-25(36)18-27(37)39-3)28(21-9-11-22(32)12-10-21)29(20-7-5-4-6-8-20)30(34)31(38)33-23-13-14-23/h4-12,15-16,19,23,25,36H,13-14,17-18H2,1-3H3,(H,33,38)/b16-15+/t25-/m1/s1. The fourth-order valence-electron chi connectivity index (χ4n) is 4.63. The van der Waals surface area contributed by atoms with E-state index < -0.39 is 17.9 Å². The molecule has 7 nitrogen and oxygen atoms in total. The van der Waals surface area contributed by atoms with Gasteiger partial charge >= 0.3 is 5.97 Å². The molecule has 39 heavy (non-hydrogen) atoms. The first-order valence-electron chi connectivity index (χ1n) is 13.1. The lowest BCUT2D eigenvalue weighted by atomic mass is 9.94. The van der Waals surface area contributed by atoms with E-state index in [9.17, 15) is 23.9 Å². The van der Waals surface area contributed by atoms with Crippen LogP contribution in [0, 0.1) is 5.82 Å². The van der Waals surface area contributed by atoms with Crippen LogP contribution in [0.5, 0.6) is 0 Å². The average molecular weight is 533 g/mol. The third-order valence-electron chi connectivity index (χ3n) is 6.58. The van der Waals surface area contributed by atoms with E-state index in [2.05, 4.69) is 10.1 Å². The molecular weight excluding hydrogens is 499 g/mol. The van der Waals surface area contributed by atoms with Gasteiger partial charge < -0.3 is 19.7 Å². The molecule has 1 aliphatic carbocycles. The van der Waals surface area contributed by atoms with Crippen molar-refractivity contribution in [1.82, 2.24) is 9.88 Å². The second kappa shape index (κ2) is 12.2. The van der Waals surface area contributed by atoms with Gasteiger partial charge in [-0.05, 0) is 62.1 Å². The van der Waals surface area contributed by atoms with E-state index in [1.165, 1.54) is 25.3 Å². The Balaban J connectivity index is 1.90. The maximum absolute atomic E-state index is 13.9. The topological polar surface area (TPSA) is 97.6 Å². The van der Waals surface area contributed by atoms with Crippen molar-refractivity contribution in [3.8, 4) is 22.3 Å². The number of esters is 1. The highest BCUT2D eigenvalue weighted by atomic mass is 19.1.